The molecule has 1 amide bonds. The predicted octanol–water partition coefficient (Wildman–Crippen LogP) is 0.460. The maximum Gasteiger partial charge on any atom is 0.248 e. The summed E-state index contributed by atoms with van der Waals surface area (Å²) in [6, 6.07) is 0. The van der Waals surface area contributed by atoms with Gasteiger partial charge in [-0.15, -0.1) is 0 Å². The van der Waals surface area contributed by atoms with Crippen LogP contribution in [-0.2, 0) is 14.3 Å². The van der Waals surface area contributed by atoms with Gasteiger partial charge in [0, 0.05) is 26.1 Å². The van der Waals surface area contributed by atoms with Crippen LogP contribution in [0.3, 0.4) is 0 Å². The monoisotopic (exact) mass is 199 g/mol. The molecule has 0 spiro atoms. The lowest BCUT2D eigenvalue weighted by Gasteiger charge is -2.30. The van der Waals surface area contributed by atoms with Crippen molar-refractivity contribution >= 4 is 11.7 Å². The lowest BCUT2D eigenvalue weighted by atomic mass is 9.93. The average Bonchev–Trinajstić information content (AvgIpc) is 2.18. The van der Waals surface area contributed by atoms with Crippen molar-refractivity contribution in [3.05, 3.63) is 0 Å². The second-order valence-corrected chi connectivity index (χ2v) is 3.70. The van der Waals surface area contributed by atoms with Crippen molar-refractivity contribution in [1.29, 1.82) is 0 Å². The molecule has 0 bridgehead atoms. The van der Waals surface area contributed by atoms with E-state index >= 15 is 0 Å². The summed E-state index contributed by atoms with van der Waals surface area (Å²) in [5, 5.41) is 0. The Morgan fingerprint density at radius 3 is 2.36 bits per heavy atom. The number of likely N-dealkylation sites (tertiary alicyclic amines) is 1. The van der Waals surface area contributed by atoms with Crippen LogP contribution in [0.1, 0.15) is 19.8 Å². The molecule has 1 aliphatic heterocycles. The highest BCUT2D eigenvalue weighted by molar-refractivity contribution is 5.80. The Bertz CT molecular complexity index is 219. The Kier molecular flexibility index (Phi) is 4.07. The fourth-order valence-electron chi connectivity index (χ4n) is 1.75. The summed E-state index contributed by atoms with van der Waals surface area (Å²) in [6.45, 7) is 3.14. The second-order valence-electron chi connectivity index (χ2n) is 3.70. The van der Waals surface area contributed by atoms with Crippen LogP contribution in [0.15, 0.2) is 0 Å². The largest absolute Gasteiger partial charge is 0.375 e. The molecule has 0 aromatic heterocycles. The van der Waals surface area contributed by atoms with Crippen LogP contribution < -0.4 is 0 Å². The normalized spacial score (nSPS) is 18.3. The zero-order valence-corrected chi connectivity index (χ0v) is 8.78. The van der Waals surface area contributed by atoms with Gasteiger partial charge in [-0.05, 0) is 19.8 Å². The quantitative estimate of drug-likeness (QED) is 0.663. The minimum atomic E-state index is 0.0227. The summed E-state index contributed by atoms with van der Waals surface area (Å²) in [5.41, 5.74) is 0. The molecule has 0 atom stereocenters. The summed E-state index contributed by atoms with van der Waals surface area (Å²) in [4.78, 5) is 24.2. The molecular formula is C10H17NO3. The summed E-state index contributed by atoms with van der Waals surface area (Å²) in [5.74, 6) is 0.417. The van der Waals surface area contributed by atoms with Gasteiger partial charge in [0.2, 0.25) is 5.91 Å². The maximum absolute atomic E-state index is 11.4. The van der Waals surface area contributed by atoms with E-state index in [1.807, 2.05) is 0 Å². The van der Waals surface area contributed by atoms with Crippen molar-refractivity contribution in [2.45, 2.75) is 19.8 Å². The van der Waals surface area contributed by atoms with E-state index in [4.69, 9.17) is 4.74 Å². The van der Waals surface area contributed by atoms with Gasteiger partial charge in [-0.2, -0.15) is 0 Å². The van der Waals surface area contributed by atoms with Crippen LogP contribution in [-0.4, -0.2) is 43.4 Å². The molecular weight excluding hydrogens is 182 g/mol. The Balaban J connectivity index is 2.35. The van der Waals surface area contributed by atoms with Crippen molar-refractivity contribution in [2.24, 2.45) is 5.92 Å². The number of methoxy groups -OCH3 is 1. The zero-order chi connectivity index (χ0) is 10.6. The van der Waals surface area contributed by atoms with E-state index in [2.05, 4.69) is 0 Å². The van der Waals surface area contributed by atoms with E-state index in [0.29, 0.717) is 13.1 Å². The highest BCUT2D eigenvalue weighted by Gasteiger charge is 2.24. The van der Waals surface area contributed by atoms with Crippen molar-refractivity contribution in [3.63, 3.8) is 0 Å². The molecule has 1 aliphatic rings. The molecule has 0 aromatic rings. The SMILES string of the molecule is COCC(=O)N1CCC(C(C)=O)CC1. The van der Waals surface area contributed by atoms with Crippen molar-refractivity contribution in [1.82, 2.24) is 4.90 Å². The number of ether oxygens (including phenoxy) is 1. The Hall–Kier alpha value is -0.900. The van der Waals surface area contributed by atoms with Crippen LogP contribution in [0.4, 0.5) is 0 Å². The number of amides is 1. The van der Waals surface area contributed by atoms with Crippen molar-refractivity contribution < 1.29 is 14.3 Å². The lowest BCUT2D eigenvalue weighted by Crippen LogP contribution is -2.41. The summed E-state index contributed by atoms with van der Waals surface area (Å²) < 4.78 is 4.77. The van der Waals surface area contributed by atoms with Gasteiger partial charge in [0.1, 0.15) is 12.4 Å². The van der Waals surface area contributed by atoms with Gasteiger partial charge in [-0.3, -0.25) is 9.59 Å². The fourth-order valence-corrected chi connectivity index (χ4v) is 1.75. The van der Waals surface area contributed by atoms with Gasteiger partial charge >= 0.3 is 0 Å². The minimum absolute atomic E-state index is 0.0227. The first-order valence-electron chi connectivity index (χ1n) is 4.92. The molecule has 0 aromatic carbocycles. The van der Waals surface area contributed by atoms with E-state index in [1.165, 1.54) is 7.11 Å². The van der Waals surface area contributed by atoms with Gasteiger partial charge in [-0.25, -0.2) is 0 Å². The molecule has 80 valence electrons. The first-order valence-corrected chi connectivity index (χ1v) is 4.92. The number of rotatable bonds is 3. The van der Waals surface area contributed by atoms with Crippen molar-refractivity contribution in [2.75, 3.05) is 26.8 Å². The molecule has 1 saturated heterocycles. The molecule has 0 unspecified atom stereocenters. The van der Waals surface area contributed by atoms with Gasteiger partial charge in [0.25, 0.3) is 0 Å². The zero-order valence-electron chi connectivity index (χ0n) is 8.78. The summed E-state index contributed by atoms with van der Waals surface area (Å²) >= 11 is 0. The third-order valence-corrected chi connectivity index (χ3v) is 2.69. The highest BCUT2D eigenvalue weighted by Crippen LogP contribution is 2.17. The number of piperidine rings is 1. The van der Waals surface area contributed by atoms with Gasteiger partial charge < -0.3 is 9.64 Å². The number of nitrogens with zero attached hydrogens (tertiary/aromatic N) is 1. The van der Waals surface area contributed by atoms with E-state index < -0.39 is 0 Å². The van der Waals surface area contributed by atoms with E-state index in [0.717, 1.165) is 12.8 Å². The molecule has 1 heterocycles. The van der Waals surface area contributed by atoms with Crippen LogP contribution in [0.5, 0.6) is 0 Å². The van der Waals surface area contributed by atoms with Crippen LogP contribution in [0.2, 0.25) is 0 Å². The topological polar surface area (TPSA) is 46.6 Å². The van der Waals surface area contributed by atoms with E-state index in [9.17, 15) is 9.59 Å². The molecule has 1 rings (SSSR count). The first kappa shape index (κ1) is 11.2. The van der Waals surface area contributed by atoms with E-state index in [-0.39, 0.29) is 24.2 Å². The molecule has 0 N–H and O–H groups in total. The van der Waals surface area contributed by atoms with Gasteiger partial charge in [0.05, 0.1) is 0 Å². The van der Waals surface area contributed by atoms with Gasteiger partial charge in [-0.1, -0.05) is 0 Å². The molecule has 14 heavy (non-hydrogen) atoms. The fraction of sp³-hybridized carbons (Fsp3) is 0.800. The third kappa shape index (κ3) is 2.80. The Labute approximate surface area is 84.2 Å². The second kappa shape index (κ2) is 5.10. The Morgan fingerprint density at radius 1 is 1.36 bits per heavy atom. The van der Waals surface area contributed by atoms with E-state index in [1.54, 1.807) is 11.8 Å². The Morgan fingerprint density at radius 2 is 1.93 bits per heavy atom. The number of hydrogen-bond donors (Lipinski definition) is 0. The highest BCUT2D eigenvalue weighted by atomic mass is 16.5. The number of hydrogen-bond acceptors (Lipinski definition) is 3. The van der Waals surface area contributed by atoms with Crippen molar-refractivity contribution in [3.8, 4) is 0 Å². The molecule has 0 saturated carbocycles. The molecule has 4 nitrogen and oxygen atoms in total. The first-order chi connectivity index (χ1) is 6.65. The standard InChI is InChI=1S/C10H17NO3/c1-8(12)9-3-5-11(6-4-9)10(13)7-14-2/h9H,3-7H2,1-2H3. The van der Waals surface area contributed by atoms with Gasteiger partial charge in [0.15, 0.2) is 0 Å². The number of carbonyl (C=O) groups is 2. The number of carbonyl (C=O) groups excluding carboxylic acids is 2. The molecule has 0 aliphatic carbocycles. The van der Waals surface area contributed by atoms with Crippen LogP contribution in [0, 0.1) is 5.92 Å². The molecule has 4 heteroatoms. The average molecular weight is 199 g/mol. The molecule has 1 fully saturated rings. The number of Topliss-reactive ketones (excluding diaryl/α,β-unsaturated/α-hetero) is 1. The predicted molar refractivity (Wildman–Crippen MR) is 51.9 cm³/mol. The third-order valence-electron chi connectivity index (χ3n) is 2.69. The summed E-state index contributed by atoms with van der Waals surface area (Å²) in [6.07, 6.45) is 1.59. The van der Waals surface area contributed by atoms with Crippen LogP contribution >= 0.6 is 0 Å². The maximum atomic E-state index is 11.4. The van der Waals surface area contributed by atoms with Crippen LogP contribution in [0.25, 0.3) is 0 Å². The smallest absolute Gasteiger partial charge is 0.248 e. The number of ketones is 1. The minimum Gasteiger partial charge on any atom is -0.375 e. The summed E-state index contributed by atoms with van der Waals surface area (Å²) in [7, 11) is 1.51. The molecule has 0 radical (unpaired) electrons. The lowest BCUT2D eigenvalue weighted by molar-refractivity contribution is -0.138.